The van der Waals surface area contributed by atoms with Crippen molar-refractivity contribution in [2.45, 2.75) is 19.8 Å². The molecule has 0 spiro atoms. The van der Waals surface area contributed by atoms with E-state index in [2.05, 4.69) is 17.2 Å². The second-order valence-electron chi connectivity index (χ2n) is 2.00. The molecule has 0 saturated carbocycles. The van der Waals surface area contributed by atoms with Crippen molar-refractivity contribution in [1.82, 2.24) is 5.32 Å². The van der Waals surface area contributed by atoms with E-state index in [0.29, 0.717) is 0 Å². The second kappa shape index (κ2) is 8.48. The summed E-state index contributed by atoms with van der Waals surface area (Å²) < 4.78 is 0. The lowest BCUT2D eigenvalue weighted by molar-refractivity contribution is 0.286. The van der Waals surface area contributed by atoms with Crippen molar-refractivity contribution in [3.63, 3.8) is 0 Å². The summed E-state index contributed by atoms with van der Waals surface area (Å²) in [5, 5.41) is 11.6. The Hall–Kier alpha value is -0.520. The first-order valence-electron chi connectivity index (χ1n) is 3.63. The average Bonchev–Trinajstić information content (AvgIpc) is 1.97. The van der Waals surface area contributed by atoms with Gasteiger partial charge in [-0.15, -0.1) is 11.8 Å². The van der Waals surface area contributed by atoms with Crippen molar-refractivity contribution < 1.29 is 5.11 Å². The van der Waals surface area contributed by atoms with Crippen LogP contribution in [0.2, 0.25) is 0 Å². The number of hydrogen-bond acceptors (Lipinski definition) is 2. The lowest BCUT2D eigenvalue weighted by atomic mass is 10.4. The van der Waals surface area contributed by atoms with Crippen LogP contribution >= 0.6 is 0 Å². The molecule has 0 saturated heterocycles. The fourth-order valence-corrected chi connectivity index (χ4v) is 0.605. The standard InChI is InChI=1S/C8H15NO/c1-2-3-4-6-9-7-5-8-10/h9-10H,4-8H2,1H3. The van der Waals surface area contributed by atoms with Gasteiger partial charge < -0.3 is 10.4 Å². The third-order valence-electron chi connectivity index (χ3n) is 1.12. The third kappa shape index (κ3) is 7.48. The molecule has 58 valence electrons. The van der Waals surface area contributed by atoms with Gasteiger partial charge in [-0.3, -0.25) is 0 Å². The van der Waals surface area contributed by atoms with Gasteiger partial charge in [-0.2, -0.15) is 0 Å². The predicted octanol–water partition coefficient (Wildman–Crippen LogP) is 0.372. The Bertz CT molecular complexity index is 112. The van der Waals surface area contributed by atoms with Gasteiger partial charge >= 0.3 is 0 Å². The van der Waals surface area contributed by atoms with E-state index in [9.17, 15) is 0 Å². The molecular weight excluding hydrogens is 126 g/mol. The predicted molar refractivity (Wildman–Crippen MR) is 42.6 cm³/mol. The monoisotopic (exact) mass is 141 g/mol. The molecular formula is C8H15NO. The van der Waals surface area contributed by atoms with E-state index in [1.165, 1.54) is 0 Å². The lowest BCUT2D eigenvalue weighted by Gasteiger charge is -1.97. The van der Waals surface area contributed by atoms with Crippen LogP contribution < -0.4 is 5.32 Å². The lowest BCUT2D eigenvalue weighted by Crippen LogP contribution is -2.16. The Balaban J connectivity index is 2.82. The van der Waals surface area contributed by atoms with Crippen LogP contribution in [-0.2, 0) is 0 Å². The molecule has 0 aromatic carbocycles. The van der Waals surface area contributed by atoms with Crippen molar-refractivity contribution in [3.8, 4) is 11.8 Å². The van der Waals surface area contributed by atoms with Crippen LogP contribution in [0.3, 0.4) is 0 Å². The summed E-state index contributed by atoms with van der Waals surface area (Å²) in [7, 11) is 0. The van der Waals surface area contributed by atoms with Crippen LogP contribution in [0, 0.1) is 11.8 Å². The number of rotatable bonds is 5. The summed E-state index contributed by atoms with van der Waals surface area (Å²) in [6.45, 7) is 3.93. The normalized spacial score (nSPS) is 8.60. The number of aliphatic hydroxyl groups excluding tert-OH is 1. The number of hydrogen-bond donors (Lipinski definition) is 2. The van der Waals surface area contributed by atoms with Crippen molar-refractivity contribution in [2.75, 3.05) is 19.7 Å². The largest absolute Gasteiger partial charge is 0.396 e. The zero-order valence-corrected chi connectivity index (χ0v) is 6.48. The zero-order chi connectivity index (χ0) is 7.66. The molecule has 0 aromatic rings. The van der Waals surface area contributed by atoms with Crippen molar-refractivity contribution in [1.29, 1.82) is 0 Å². The third-order valence-corrected chi connectivity index (χ3v) is 1.12. The molecule has 10 heavy (non-hydrogen) atoms. The minimum absolute atomic E-state index is 0.270. The first kappa shape index (κ1) is 9.48. The van der Waals surface area contributed by atoms with Gasteiger partial charge in [0.25, 0.3) is 0 Å². The Kier molecular flexibility index (Phi) is 8.04. The Labute approximate surface area is 62.6 Å². The highest BCUT2D eigenvalue weighted by atomic mass is 16.3. The molecule has 0 aromatic heterocycles. The van der Waals surface area contributed by atoms with Gasteiger partial charge in [0.2, 0.25) is 0 Å². The van der Waals surface area contributed by atoms with Crippen molar-refractivity contribution in [2.24, 2.45) is 0 Å². The molecule has 0 amide bonds. The minimum Gasteiger partial charge on any atom is -0.396 e. The summed E-state index contributed by atoms with van der Waals surface area (Å²) in [6, 6.07) is 0. The molecule has 0 aliphatic rings. The van der Waals surface area contributed by atoms with Crippen LogP contribution in [0.5, 0.6) is 0 Å². The molecule has 2 heteroatoms. The molecule has 0 radical (unpaired) electrons. The number of aliphatic hydroxyl groups is 1. The van der Waals surface area contributed by atoms with Crippen LogP contribution in [0.25, 0.3) is 0 Å². The molecule has 0 aliphatic carbocycles. The summed E-state index contributed by atoms with van der Waals surface area (Å²) in [6.07, 6.45) is 1.74. The van der Waals surface area contributed by atoms with Gasteiger partial charge in [0, 0.05) is 19.6 Å². The average molecular weight is 141 g/mol. The van der Waals surface area contributed by atoms with Crippen molar-refractivity contribution >= 4 is 0 Å². The summed E-state index contributed by atoms with van der Waals surface area (Å²) >= 11 is 0. The zero-order valence-electron chi connectivity index (χ0n) is 6.48. The second-order valence-corrected chi connectivity index (χ2v) is 2.00. The van der Waals surface area contributed by atoms with Gasteiger partial charge in [0.1, 0.15) is 0 Å². The van der Waals surface area contributed by atoms with Crippen molar-refractivity contribution in [3.05, 3.63) is 0 Å². The summed E-state index contributed by atoms with van der Waals surface area (Å²) in [5.74, 6) is 5.77. The molecule has 0 rings (SSSR count). The van der Waals surface area contributed by atoms with Crippen LogP contribution in [0.15, 0.2) is 0 Å². The molecule has 2 N–H and O–H groups in total. The van der Waals surface area contributed by atoms with Crippen LogP contribution in [0.4, 0.5) is 0 Å². The molecule has 0 fully saturated rings. The molecule has 0 bridgehead atoms. The molecule has 0 atom stereocenters. The molecule has 0 aliphatic heterocycles. The van der Waals surface area contributed by atoms with E-state index < -0.39 is 0 Å². The minimum atomic E-state index is 0.270. The van der Waals surface area contributed by atoms with Crippen LogP contribution in [-0.4, -0.2) is 24.8 Å². The van der Waals surface area contributed by atoms with E-state index in [-0.39, 0.29) is 6.61 Å². The number of nitrogens with one attached hydrogen (secondary N) is 1. The van der Waals surface area contributed by atoms with E-state index in [1.807, 2.05) is 6.92 Å². The van der Waals surface area contributed by atoms with Crippen LogP contribution in [0.1, 0.15) is 19.8 Å². The maximum absolute atomic E-state index is 8.40. The smallest absolute Gasteiger partial charge is 0.0443 e. The summed E-state index contributed by atoms with van der Waals surface area (Å²) in [4.78, 5) is 0. The van der Waals surface area contributed by atoms with E-state index in [0.717, 1.165) is 25.9 Å². The first-order valence-corrected chi connectivity index (χ1v) is 3.63. The molecule has 2 nitrogen and oxygen atoms in total. The SMILES string of the molecule is CC#CCCNCCCO. The topological polar surface area (TPSA) is 32.3 Å². The maximum Gasteiger partial charge on any atom is 0.0443 e. The van der Waals surface area contributed by atoms with Gasteiger partial charge in [-0.1, -0.05) is 0 Å². The van der Waals surface area contributed by atoms with E-state index in [4.69, 9.17) is 5.11 Å². The van der Waals surface area contributed by atoms with Gasteiger partial charge in [0.05, 0.1) is 0 Å². The highest BCUT2D eigenvalue weighted by molar-refractivity contribution is 4.94. The molecule has 0 unspecified atom stereocenters. The van der Waals surface area contributed by atoms with Gasteiger partial charge in [-0.05, 0) is 19.9 Å². The van der Waals surface area contributed by atoms with E-state index >= 15 is 0 Å². The highest BCUT2D eigenvalue weighted by Crippen LogP contribution is 1.74. The quantitative estimate of drug-likeness (QED) is 0.428. The fraction of sp³-hybridized carbons (Fsp3) is 0.750. The van der Waals surface area contributed by atoms with E-state index in [1.54, 1.807) is 0 Å². The molecule has 0 heterocycles. The first-order chi connectivity index (χ1) is 4.91. The van der Waals surface area contributed by atoms with Gasteiger partial charge in [-0.25, -0.2) is 0 Å². The highest BCUT2D eigenvalue weighted by Gasteiger charge is 1.82. The Morgan fingerprint density at radius 3 is 2.80 bits per heavy atom. The Morgan fingerprint density at radius 1 is 1.40 bits per heavy atom. The fourth-order valence-electron chi connectivity index (χ4n) is 0.605. The maximum atomic E-state index is 8.40. The van der Waals surface area contributed by atoms with Gasteiger partial charge in [0.15, 0.2) is 0 Å². The summed E-state index contributed by atoms with van der Waals surface area (Å²) in [5.41, 5.74) is 0. The Morgan fingerprint density at radius 2 is 2.20 bits per heavy atom.